The highest BCUT2D eigenvalue weighted by atomic mass is 79.9. The highest BCUT2D eigenvalue weighted by Crippen LogP contribution is 2.32. The average molecular weight is 653 g/mol. The van der Waals surface area contributed by atoms with Crippen molar-refractivity contribution < 1.29 is 22.7 Å². The van der Waals surface area contributed by atoms with E-state index in [4.69, 9.17) is 9.72 Å². The smallest absolute Gasteiger partial charge is 0.409 e. The van der Waals surface area contributed by atoms with Gasteiger partial charge >= 0.3 is 6.09 Å². The SMILES string of the molecule is CCOC(=O)N1CCN(S(=O)(=O)c2ccc(C(=O)N(CCN(CC)CC)c3nc4ccc(Br)cc4s3)cc2)CC1. The minimum Gasteiger partial charge on any atom is -0.450 e. The van der Waals surface area contributed by atoms with Crippen LogP contribution in [0.4, 0.5) is 9.93 Å². The third-order valence-electron chi connectivity index (χ3n) is 6.85. The van der Waals surface area contributed by atoms with Gasteiger partial charge in [0.2, 0.25) is 10.0 Å². The molecular formula is C27H34BrN5O5S2. The Balaban J connectivity index is 1.53. The van der Waals surface area contributed by atoms with E-state index in [2.05, 4.69) is 34.7 Å². The highest BCUT2D eigenvalue weighted by molar-refractivity contribution is 9.10. The molecule has 0 unspecified atom stereocenters. The molecule has 2 amide bonds. The molecule has 216 valence electrons. The molecule has 2 aromatic carbocycles. The molecule has 1 saturated heterocycles. The maximum atomic E-state index is 13.7. The lowest BCUT2D eigenvalue weighted by molar-refractivity contribution is 0.0933. The van der Waals surface area contributed by atoms with Crippen LogP contribution in [0.25, 0.3) is 10.2 Å². The fraction of sp³-hybridized carbons (Fsp3) is 0.444. The molecule has 1 aromatic heterocycles. The van der Waals surface area contributed by atoms with E-state index in [0.29, 0.717) is 23.8 Å². The molecule has 1 aliphatic rings. The molecule has 0 saturated carbocycles. The van der Waals surface area contributed by atoms with Crippen molar-refractivity contribution in [1.29, 1.82) is 0 Å². The topological polar surface area (TPSA) is 103 Å². The first-order valence-electron chi connectivity index (χ1n) is 13.3. The van der Waals surface area contributed by atoms with Gasteiger partial charge in [0, 0.05) is 49.3 Å². The molecular weight excluding hydrogens is 618 g/mol. The molecule has 3 aromatic rings. The Morgan fingerprint density at radius 1 is 1.00 bits per heavy atom. The molecule has 13 heteroatoms. The van der Waals surface area contributed by atoms with E-state index in [9.17, 15) is 18.0 Å². The molecule has 40 heavy (non-hydrogen) atoms. The summed E-state index contributed by atoms with van der Waals surface area (Å²) in [7, 11) is -3.78. The largest absolute Gasteiger partial charge is 0.450 e. The molecule has 0 N–H and O–H groups in total. The summed E-state index contributed by atoms with van der Waals surface area (Å²) in [6, 6.07) is 11.9. The Hall–Kier alpha value is -2.58. The normalized spacial score (nSPS) is 14.6. The zero-order valence-corrected chi connectivity index (χ0v) is 26.1. The van der Waals surface area contributed by atoms with Crippen molar-refractivity contribution in [1.82, 2.24) is 19.1 Å². The van der Waals surface area contributed by atoms with E-state index < -0.39 is 16.1 Å². The number of ether oxygens (including phenoxy) is 1. The predicted octanol–water partition coefficient (Wildman–Crippen LogP) is 4.51. The van der Waals surface area contributed by atoms with Gasteiger partial charge in [-0.25, -0.2) is 18.2 Å². The number of benzene rings is 2. The Labute approximate surface area is 247 Å². The van der Waals surface area contributed by atoms with Crippen molar-refractivity contribution in [2.45, 2.75) is 25.7 Å². The fourth-order valence-corrected chi connectivity index (χ4v) is 7.43. The van der Waals surface area contributed by atoms with Gasteiger partial charge in [0.25, 0.3) is 5.91 Å². The summed E-state index contributed by atoms with van der Waals surface area (Å²) in [6.07, 6.45) is -0.436. The number of amides is 2. The third kappa shape index (κ3) is 6.82. The highest BCUT2D eigenvalue weighted by Gasteiger charge is 2.31. The van der Waals surface area contributed by atoms with Gasteiger partial charge in [-0.1, -0.05) is 41.1 Å². The number of likely N-dealkylation sites (N-methyl/N-ethyl adjacent to an activating group) is 1. The molecule has 2 heterocycles. The number of carbonyl (C=O) groups excluding carboxylic acids is 2. The second-order valence-corrected chi connectivity index (χ2v) is 13.1. The molecule has 0 radical (unpaired) electrons. The van der Waals surface area contributed by atoms with Crippen molar-refractivity contribution in [2.75, 3.05) is 63.9 Å². The van der Waals surface area contributed by atoms with E-state index in [1.807, 2.05) is 18.2 Å². The monoisotopic (exact) mass is 651 g/mol. The Kier molecular flexibility index (Phi) is 10.2. The van der Waals surface area contributed by atoms with Crippen LogP contribution in [-0.4, -0.2) is 98.5 Å². The van der Waals surface area contributed by atoms with Gasteiger partial charge in [0.1, 0.15) is 0 Å². The lowest BCUT2D eigenvalue weighted by Crippen LogP contribution is -2.50. The van der Waals surface area contributed by atoms with Gasteiger partial charge in [0.05, 0.1) is 21.7 Å². The van der Waals surface area contributed by atoms with Gasteiger partial charge < -0.3 is 14.5 Å². The fourth-order valence-electron chi connectivity index (χ4n) is 4.47. The van der Waals surface area contributed by atoms with Crippen molar-refractivity contribution in [3.8, 4) is 0 Å². The van der Waals surface area contributed by atoms with E-state index in [0.717, 1.165) is 27.8 Å². The molecule has 0 atom stereocenters. The standard InChI is InChI=1S/C27H34BrN5O5S2/c1-4-30(5-2)13-18-33(26-29-23-12-9-21(28)19-24(23)39-26)25(34)20-7-10-22(11-8-20)40(36,37)32-16-14-31(15-17-32)27(35)38-6-3/h7-12,19H,4-6,13-18H2,1-3H3. The van der Waals surface area contributed by atoms with Crippen molar-refractivity contribution >= 4 is 64.6 Å². The van der Waals surface area contributed by atoms with E-state index in [-0.39, 0.29) is 43.6 Å². The van der Waals surface area contributed by atoms with Gasteiger partial charge in [-0.15, -0.1) is 0 Å². The van der Waals surface area contributed by atoms with E-state index in [1.54, 1.807) is 24.0 Å². The number of hydrogen-bond acceptors (Lipinski definition) is 8. The Morgan fingerprint density at radius 3 is 2.30 bits per heavy atom. The number of fused-ring (bicyclic) bond motifs is 1. The van der Waals surface area contributed by atoms with E-state index in [1.165, 1.54) is 32.7 Å². The maximum Gasteiger partial charge on any atom is 0.409 e. The first-order valence-corrected chi connectivity index (χ1v) is 16.3. The number of aromatic nitrogens is 1. The van der Waals surface area contributed by atoms with Crippen LogP contribution in [0.15, 0.2) is 51.8 Å². The van der Waals surface area contributed by atoms with Crippen molar-refractivity contribution in [3.05, 3.63) is 52.5 Å². The van der Waals surface area contributed by atoms with Gasteiger partial charge in [-0.3, -0.25) is 9.69 Å². The number of carbonyl (C=O) groups is 2. The lowest BCUT2D eigenvalue weighted by Gasteiger charge is -2.33. The molecule has 0 spiro atoms. The number of piperazine rings is 1. The minimum absolute atomic E-state index is 0.105. The maximum absolute atomic E-state index is 13.7. The van der Waals surface area contributed by atoms with Crippen LogP contribution in [0.1, 0.15) is 31.1 Å². The number of rotatable bonds is 10. The van der Waals surface area contributed by atoms with Gasteiger partial charge in [-0.2, -0.15) is 4.31 Å². The van der Waals surface area contributed by atoms with E-state index >= 15 is 0 Å². The second-order valence-electron chi connectivity index (χ2n) is 9.21. The lowest BCUT2D eigenvalue weighted by atomic mass is 10.2. The average Bonchev–Trinajstić information content (AvgIpc) is 3.38. The first-order chi connectivity index (χ1) is 19.2. The zero-order valence-electron chi connectivity index (χ0n) is 22.9. The van der Waals surface area contributed by atoms with Crippen LogP contribution in [-0.2, 0) is 14.8 Å². The van der Waals surface area contributed by atoms with Crippen LogP contribution >= 0.6 is 27.3 Å². The van der Waals surface area contributed by atoms with Crippen LogP contribution in [0.2, 0.25) is 0 Å². The molecule has 0 aliphatic carbocycles. The van der Waals surface area contributed by atoms with Crippen LogP contribution in [0.5, 0.6) is 0 Å². The molecule has 0 bridgehead atoms. The number of thiazole rings is 1. The second kappa shape index (κ2) is 13.4. The minimum atomic E-state index is -3.78. The van der Waals surface area contributed by atoms with Gasteiger partial charge in [0.15, 0.2) is 5.13 Å². The van der Waals surface area contributed by atoms with Crippen molar-refractivity contribution in [3.63, 3.8) is 0 Å². The molecule has 4 rings (SSSR count). The summed E-state index contributed by atoms with van der Waals surface area (Å²) in [5.41, 5.74) is 1.19. The molecule has 1 fully saturated rings. The quantitative estimate of drug-likeness (QED) is 0.318. The number of anilines is 1. The number of hydrogen-bond donors (Lipinski definition) is 0. The van der Waals surface area contributed by atoms with Crippen molar-refractivity contribution in [2.24, 2.45) is 0 Å². The number of sulfonamides is 1. The summed E-state index contributed by atoms with van der Waals surface area (Å²) in [4.78, 5) is 36.0. The predicted molar refractivity (Wildman–Crippen MR) is 161 cm³/mol. The molecule has 10 nitrogen and oxygen atoms in total. The Bertz CT molecular complexity index is 1440. The number of nitrogens with zero attached hydrogens (tertiary/aromatic N) is 5. The summed E-state index contributed by atoms with van der Waals surface area (Å²) in [6.45, 7) is 9.91. The Morgan fingerprint density at radius 2 is 1.68 bits per heavy atom. The zero-order chi connectivity index (χ0) is 28.9. The van der Waals surface area contributed by atoms with Crippen LogP contribution < -0.4 is 4.90 Å². The first kappa shape index (κ1) is 30.4. The summed E-state index contributed by atoms with van der Waals surface area (Å²) in [5, 5.41) is 0.599. The summed E-state index contributed by atoms with van der Waals surface area (Å²) < 4.78 is 34.8. The summed E-state index contributed by atoms with van der Waals surface area (Å²) in [5.74, 6) is -0.239. The van der Waals surface area contributed by atoms with Crippen LogP contribution in [0, 0.1) is 0 Å². The summed E-state index contributed by atoms with van der Waals surface area (Å²) >= 11 is 4.94. The van der Waals surface area contributed by atoms with Crippen LogP contribution in [0.3, 0.4) is 0 Å². The van der Waals surface area contributed by atoms with Gasteiger partial charge in [-0.05, 0) is 62.5 Å². The third-order valence-corrected chi connectivity index (χ3v) is 10.3. The number of halogens is 1. The molecule has 1 aliphatic heterocycles.